The van der Waals surface area contributed by atoms with Crippen LogP contribution in [0.15, 0.2) is 77.3 Å². The molecule has 1 fully saturated rings. The summed E-state index contributed by atoms with van der Waals surface area (Å²) in [6, 6.07) is 23.1. The first-order chi connectivity index (χ1) is 17.8. The maximum atomic E-state index is 13.1. The van der Waals surface area contributed by atoms with Crippen LogP contribution in [0.3, 0.4) is 0 Å². The van der Waals surface area contributed by atoms with Crippen LogP contribution in [-0.2, 0) is 14.9 Å². The van der Waals surface area contributed by atoms with Crippen molar-refractivity contribution < 1.29 is 24.0 Å². The predicted octanol–water partition coefficient (Wildman–Crippen LogP) is 7.04. The Morgan fingerprint density at radius 2 is 1.59 bits per heavy atom. The molecule has 0 atom stereocenters. The molecule has 0 saturated heterocycles. The van der Waals surface area contributed by atoms with Crippen LogP contribution in [-0.4, -0.2) is 28.9 Å². The minimum Gasteiger partial charge on any atom is -0.481 e. The highest BCUT2D eigenvalue weighted by molar-refractivity contribution is 6.00. The molecule has 1 heterocycles. The van der Waals surface area contributed by atoms with Crippen LogP contribution in [0.1, 0.15) is 36.6 Å². The highest BCUT2D eigenvalue weighted by atomic mass is 16.6. The van der Waals surface area contributed by atoms with Gasteiger partial charge in [-0.3, -0.25) is 4.79 Å². The molecular weight excluding hydrogens is 468 g/mol. The molecule has 0 radical (unpaired) electrons. The van der Waals surface area contributed by atoms with Crippen LogP contribution in [0.4, 0.5) is 16.2 Å². The first-order valence-corrected chi connectivity index (χ1v) is 12.3. The second kappa shape index (κ2) is 9.58. The van der Waals surface area contributed by atoms with Crippen molar-refractivity contribution in [1.82, 2.24) is 5.16 Å². The van der Waals surface area contributed by atoms with Crippen molar-refractivity contribution in [1.29, 1.82) is 0 Å². The SMILES string of the molecule is CCOC(=O)N(c1cccc(C)c1)c1c(C)noc1-c1ccc(-c2ccc(C3(C(=O)O)CC3)cc2)cc1. The molecule has 1 aromatic heterocycles. The van der Waals surface area contributed by atoms with E-state index >= 15 is 0 Å². The molecule has 4 aromatic rings. The fourth-order valence-electron chi connectivity index (χ4n) is 4.65. The normalized spacial score (nSPS) is 13.7. The summed E-state index contributed by atoms with van der Waals surface area (Å²) in [6.07, 6.45) is 0.855. The molecule has 3 aromatic carbocycles. The molecule has 0 bridgehead atoms. The van der Waals surface area contributed by atoms with E-state index in [1.807, 2.05) is 79.7 Å². The average molecular weight is 497 g/mol. The Morgan fingerprint density at radius 1 is 0.973 bits per heavy atom. The van der Waals surface area contributed by atoms with Gasteiger partial charge in [-0.25, -0.2) is 9.69 Å². The van der Waals surface area contributed by atoms with Gasteiger partial charge in [-0.05, 0) is 68.0 Å². The lowest BCUT2D eigenvalue weighted by atomic mass is 9.93. The minimum absolute atomic E-state index is 0.238. The number of anilines is 2. The molecule has 0 unspecified atom stereocenters. The van der Waals surface area contributed by atoms with Crippen LogP contribution in [0.25, 0.3) is 22.5 Å². The molecule has 1 aliphatic carbocycles. The molecule has 7 nitrogen and oxygen atoms in total. The zero-order valence-corrected chi connectivity index (χ0v) is 21.0. The molecular formula is C30H28N2O5. The number of ether oxygens (including phenoxy) is 1. The Morgan fingerprint density at radius 3 is 2.16 bits per heavy atom. The zero-order valence-electron chi connectivity index (χ0n) is 21.0. The molecule has 188 valence electrons. The Bertz CT molecular complexity index is 1450. The number of benzene rings is 3. The number of amides is 1. The second-order valence-corrected chi connectivity index (χ2v) is 9.36. The minimum atomic E-state index is -0.759. The fourth-order valence-corrected chi connectivity index (χ4v) is 4.65. The number of rotatable bonds is 7. The van der Waals surface area contributed by atoms with E-state index in [-0.39, 0.29) is 6.61 Å². The summed E-state index contributed by atoms with van der Waals surface area (Å²) in [5, 5.41) is 13.7. The first kappa shape index (κ1) is 24.3. The number of carbonyl (C=O) groups is 2. The lowest BCUT2D eigenvalue weighted by molar-refractivity contribution is -0.140. The second-order valence-electron chi connectivity index (χ2n) is 9.36. The van der Waals surface area contributed by atoms with Crippen molar-refractivity contribution in [2.24, 2.45) is 0 Å². The summed E-state index contributed by atoms with van der Waals surface area (Å²) in [4.78, 5) is 26.2. The van der Waals surface area contributed by atoms with Crippen molar-refractivity contribution in [2.45, 2.75) is 39.0 Å². The van der Waals surface area contributed by atoms with Crippen molar-refractivity contribution >= 4 is 23.4 Å². The molecule has 1 saturated carbocycles. The summed E-state index contributed by atoms with van der Waals surface area (Å²) in [7, 11) is 0. The Labute approximate surface area is 215 Å². The molecule has 0 spiro atoms. The third kappa shape index (κ3) is 4.48. The van der Waals surface area contributed by atoms with Crippen LogP contribution in [0, 0.1) is 13.8 Å². The molecule has 1 N–H and O–H groups in total. The predicted molar refractivity (Wildman–Crippen MR) is 141 cm³/mol. The smallest absolute Gasteiger partial charge is 0.419 e. The van der Waals surface area contributed by atoms with E-state index < -0.39 is 17.5 Å². The quantitative estimate of drug-likeness (QED) is 0.295. The van der Waals surface area contributed by atoms with Crippen molar-refractivity contribution in [3.8, 4) is 22.5 Å². The van der Waals surface area contributed by atoms with Crippen LogP contribution >= 0.6 is 0 Å². The van der Waals surface area contributed by atoms with Gasteiger partial charge in [0.15, 0.2) is 5.76 Å². The van der Waals surface area contributed by atoms with Gasteiger partial charge in [0.25, 0.3) is 0 Å². The number of carboxylic acid groups (broad SMARTS) is 1. The van der Waals surface area contributed by atoms with E-state index in [4.69, 9.17) is 9.26 Å². The summed E-state index contributed by atoms with van der Waals surface area (Å²) in [5.41, 5.74) is 5.63. The van der Waals surface area contributed by atoms with Gasteiger partial charge < -0.3 is 14.4 Å². The molecule has 1 aliphatic rings. The van der Waals surface area contributed by atoms with E-state index in [0.717, 1.165) is 27.8 Å². The van der Waals surface area contributed by atoms with Gasteiger partial charge in [0.2, 0.25) is 0 Å². The number of carboxylic acids is 1. The summed E-state index contributed by atoms with van der Waals surface area (Å²) >= 11 is 0. The van der Waals surface area contributed by atoms with Crippen LogP contribution < -0.4 is 4.90 Å². The van der Waals surface area contributed by atoms with Crippen LogP contribution in [0.2, 0.25) is 0 Å². The fraction of sp³-hybridized carbons (Fsp3) is 0.233. The van der Waals surface area contributed by atoms with Crippen molar-refractivity contribution in [3.05, 3.63) is 89.6 Å². The third-order valence-electron chi connectivity index (χ3n) is 6.84. The van der Waals surface area contributed by atoms with E-state index in [0.29, 0.717) is 35.7 Å². The number of aliphatic carboxylic acids is 1. The Hall–Kier alpha value is -4.39. The first-order valence-electron chi connectivity index (χ1n) is 12.3. The zero-order chi connectivity index (χ0) is 26.2. The Balaban J connectivity index is 1.48. The molecule has 7 heteroatoms. The largest absolute Gasteiger partial charge is 0.481 e. The number of nitrogens with zero attached hydrogens (tertiary/aromatic N) is 2. The number of hydrogen-bond acceptors (Lipinski definition) is 5. The monoisotopic (exact) mass is 496 g/mol. The van der Waals surface area contributed by atoms with Gasteiger partial charge in [0, 0.05) is 5.56 Å². The maximum Gasteiger partial charge on any atom is 0.419 e. The molecule has 1 amide bonds. The number of hydrogen-bond donors (Lipinski definition) is 1. The number of aromatic nitrogens is 1. The van der Waals surface area contributed by atoms with E-state index in [2.05, 4.69) is 5.16 Å². The highest BCUT2D eigenvalue weighted by Gasteiger charge is 2.51. The standard InChI is InChI=1S/C30H28N2O5/c1-4-36-29(35)32(25-7-5-6-19(2)18-25)26-20(3)31-37-27(26)23-10-8-21(9-11-23)22-12-14-24(15-13-22)30(16-17-30)28(33)34/h5-15,18H,4,16-17H2,1-3H3,(H,33,34). The van der Waals surface area contributed by atoms with Crippen LogP contribution in [0.5, 0.6) is 0 Å². The number of aryl methyl sites for hydroxylation is 2. The Kier molecular flexibility index (Phi) is 6.29. The molecule has 0 aliphatic heterocycles. The average Bonchev–Trinajstić information content (AvgIpc) is 3.63. The molecule has 37 heavy (non-hydrogen) atoms. The highest BCUT2D eigenvalue weighted by Crippen LogP contribution is 2.48. The topological polar surface area (TPSA) is 92.9 Å². The van der Waals surface area contributed by atoms with E-state index in [1.54, 1.807) is 13.8 Å². The van der Waals surface area contributed by atoms with Gasteiger partial charge in [0.1, 0.15) is 11.4 Å². The van der Waals surface area contributed by atoms with Gasteiger partial charge in [-0.1, -0.05) is 65.8 Å². The summed E-state index contributed by atoms with van der Waals surface area (Å²) < 4.78 is 11.1. The van der Waals surface area contributed by atoms with Crippen molar-refractivity contribution in [3.63, 3.8) is 0 Å². The number of carbonyl (C=O) groups excluding carboxylic acids is 1. The third-order valence-corrected chi connectivity index (χ3v) is 6.84. The van der Waals surface area contributed by atoms with E-state index in [1.165, 1.54) is 4.90 Å². The van der Waals surface area contributed by atoms with E-state index in [9.17, 15) is 14.7 Å². The van der Waals surface area contributed by atoms with Crippen molar-refractivity contribution in [2.75, 3.05) is 11.5 Å². The molecule has 5 rings (SSSR count). The van der Waals surface area contributed by atoms with Gasteiger partial charge >= 0.3 is 12.1 Å². The lowest BCUT2D eigenvalue weighted by Gasteiger charge is -2.22. The van der Waals surface area contributed by atoms with Gasteiger partial charge in [0.05, 0.1) is 17.7 Å². The lowest BCUT2D eigenvalue weighted by Crippen LogP contribution is -2.27. The van der Waals surface area contributed by atoms with Gasteiger partial charge in [-0.15, -0.1) is 0 Å². The van der Waals surface area contributed by atoms with Gasteiger partial charge in [-0.2, -0.15) is 0 Å². The maximum absolute atomic E-state index is 13.1. The summed E-state index contributed by atoms with van der Waals surface area (Å²) in [6.45, 7) is 5.77. The summed E-state index contributed by atoms with van der Waals surface area (Å²) in [5.74, 6) is -0.295.